The highest BCUT2D eigenvalue weighted by molar-refractivity contribution is 6.00. The maximum Gasteiger partial charge on any atom is 0.280 e. The van der Waals surface area contributed by atoms with Crippen LogP contribution in [0.4, 0.5) is 8.78 Å². The minimum atomic E-state index is -2.66. The molecule has 1 aliphatic heterocycles. The summed E-state index contributed by atoms with van der Waals surface area (Å²) in [7, 11) is 0. The molecule has 24 heavy (non-hydrogen) atoms. The topological polar surface area (TPSA) is 76.3 Å². The number of pyridine rings is 1. The Morgan fingerprint density at radius 1 is 1.33 bits per heavy atom. The van der Waals surface area contributed by atoms with E-state index in [1.54, 1.807) is 11.0 Å². The van der Waals surface area contributed by atoms with Crippen LogP contribution in [-0.2, 0) is 4.79 Å². The van der Waals surface area contributed by atoms with Crippen molar-refractivity contribution in [1.82, 2.24) is 9.88 Å². The average molecular weight is 335 g/mol. The lowest BCUT2D eigenvalue weighted by atomic mass is 9.62. The number of amides is 1. The Kier molecular flexibility index (Phi) is 3.69. The largest absolute Gasteiger partial charge is 0.396 e. The molecule has 2 heterocycles. The van der Waals surface area contributed by atoms with Crippen molar-refractivity contribution in [3.63, 3.8) is 0 Å². The minimum Gasteiger partial charge on any atom is -0.396 e. The lowest BCUT2D eigenvalue weighted by Crippen LogP contribution is -2.61. The van der Waals surface area contributed by atoms with Crippen LogP contribution in [0, 0.1) is 10.8 Å². The molecule has 1 spiro atoms. The maximum absolute atomic E-state index is 12.5. The van der Waals surface area contributed by atoms with Crippen molar-refractivity contribution >= 4 is 11.7 Å². The van der Waals surface area contributed by atoms with Crippen LogP contribution in [0.25, 0.3) is 0 Å². The number of nitrogens with zero attached hydrogens (tertiary/aromatic N) is 2. The predicted octanol–water partition coefficient (Wildman–Crippen LogP) is 2.30. The SMILES string of the molecule is CC1(C)CC2(C=C(N)C1=O)CN(C(=O)c1ccc(C(F)F)nc1)C2. The molecule has 3 rings (SSSR count). The van der Waals surface area contributed by atoms with E-state index in [9.17, 15) is 18.4 Å². The Morgan fingerprint density at radius 2 is 2.00 bits per heavy atom. The van der Waals surface area contributed by atoms with E-state index in [0.29, 0.717) is 19.5 Å². The van der Waals surface area contributed by atoms with Gasteiger partial charge in [0.1, 0.15) is 5.69 Å². The van der Waals surface area contributed by atoms with Crippen molar-refractivity contribution < 1.29 is 18.4 Å². The Balaban J connectivity index is 1.72. The van der Waals surface area contributed by atoms with Gasteiger partial charge in [-0.15, -0.1) is 0 Å². The van der Waals surface area contributed by atoms with E-state index in [0.717, 1.165) is 6.07 Å². The zero-order valence-corrected chi connectivity index (χ0v) is 13.6. The summed E-state index contributed by atoms with van der Waals surface area (Å²) >= 11 is 0. The molecule has 1 amide bonds. The van der Waals surface area contributed by atoms with Gasteiger partial charge in [0.15, 0.2) is 5.78 Å². The highest BCUT2D eigenvalue weighted by Crippen LogP contribution is 2.47. The summed E-state index contributed by atoms with van der Waals surface area (Å²) in [5.41, 5.74) is 5.19. The first-order valence-electron chi connectivity index (χ1n) is 7.70. The fourth-order valence-electron chi connectivity index (χ4n) is 3.70. The molecule has 128 valence electrons. The molecule has 0 aromatic carbocycles. The van der Waals surface area contributed by atoms with Crippen LogP contribution in [0.3, 0.4) is 0 Å². The zero-order chi connectivity index (χ0) is 17.7. The number of aromatic nitrogens is 1. The second-order valence-electron chi connectivity index (χ2n) is 7.29. The second kappa shape index (κ2) is 5.36. The van der Waals surface area contributed by atoms with E-state index in [4.69, 9.17) is 5.73 Å². The standard InChI is InChI=1S/C17H19F2N3O2/c1-16(2)7-17(5-11(20)13(16)23)8-22(9-17)15(24)10-3-4-12(14(18)19)21-6-10/h3-6,14H,7-9,20H2,1-2H3. The normalized spacial score (nSPS) is 21.6. The third kappa shape index (κ3) is 2.68. The van der Waals surface area contributed by atoms with Crippen molar-refractivity contribution in [1.29, 1.82) is 0 Å². The minimum absolute atomic E-state index is 0.0651. The zero-order valence-electron chi connectivity index (χ0n) is 13.6. The summed E-state index contributed by atoms with van der Waals surface area (Å²) in [5, 5.41) is 0. The summed E-state index contributed by atoms with van der Waals surface area (Å²) in [4.78, 5) is 29.7. The molecule has 1 aromatic rings. The molecule has 0 radical (unpaired) electrons. The van der Waals surface area contributed by atoms with E-state index >= 15 is 0 Å². The molecule has 0 saturated carbocycles. The molecule has 0 atom stereocenters. The smallest absolute Gasteiger partial charge is 0.280 e. The van der Waals surface area contributed by atoms with E-state index < -0.39 is 11.8 Å². The number of hydrogen-bond acceptors (Lipinski definition) is 4. The van der Waals surface area contributed by atoms with Crippen LogP contribution >= 0.6 is 0 Å². The fourth-order valence-corrected chi connectivity index (χ4v) is 3.70. The Morgan fingerprint density at radius 3 is 2.50 bits per heavy atom. The Bertz CT molecular complexity index is 720. The van der Waals surface area contributed by atoms with Crippen LogP contribution in [0.15, 0.2) is 30.1 Å². The fraction of sp³-hybridized carbons (Fsp3) is 0.471. The van der Waals surface area contributed by atoms with Crippen LogP contribution in [0.2, 0.25) is 0 Å². The van der Waals surface area contributed by atoms with Crippen LogP contribution in [0.5, 0.6) is 0 Å². The van der Waals surface area contributed by atoms with Crippen LogP contribution in [-0.4, -0.2) is 34.7 Å². The van der Waals surface area contributed by atoms with Gasteiger partial charge in [-0.05, 0) is 24.6 Å². The van der Waals surface area contributed by atoms with Gasteiger partial charge < -0.3 is 10.6 Å². The second-order valence-corrected chi connectivity index (χ2v) is 7.29. The number of halogens is 2. The molecule has 0 bridgehead atoms. The predicted molar refractivity (Wildman–Crippen MR) is 83.2 cm³/mol. The van der Waals surface area contributed by atoms with Gasteiger partial charge in [-0.25, -0.2) is 8.78 Å². The molecule has 0 unspecified atom stereocenters. The Labute approximate surface area is 138 Å². The number of ketones is 1. The Hall–Kier alpha value is -2.31. The quantitative estimate of drug-likeness (QED) is 0.900. The number of allylic oxidation sites excluding steroid dienone is 1. The molecule has 1 aliphatic carbocycles. The maximum atomic E-state index is 12.5. The van der Waals surface area contributed by atoms with Crippen LogP contribution < -0.4 is 5.73 Å². The van der Waals surface area contributed by atoms with Gasteiger partial charge >= 0.3 is 0 Å². The molecular formula is C17H19F2N3O2. The lowest BCUT2D eigenvalue weighted by molar-refractivity contribution is -0.127. The number of carbonyl (C=O) groups is 2. The third-order valence-electron chi connectivity index (χ3n) is 4.69. The molecule has 5 nitrogen and oxygen atoms in total. The first kappa shape index (κ1) is 16.5. The van der Waals surface area contributed by atoms with Crippen molar-refractivity contribution in [3.8, 4) is 0 Å². The van der Waals surface area contributed by atoms with Gasteiger partial charge in [0.2, 0.25) is 0 Å². The van der Waals surface area contributed by atoms with Crippen molar-refractivity contribution in [3.05, 3.63) is 41.4 Å². The van der Waals surface area contributed by atoms with Gasteiger partial charge in [0, 0.05) is 30.1 Å². The number of hydrogen-bond donors (Lipinski definition) is 1. The first-order valence-corrected chi connectivity index (χ1v) is 7.70. The molecule has 7 heteroatoms. The van der Waals surface area contributed by atoms with Gasteiger partial charge in [-0.1, -0.05) is 13.8 Å². The van der Waals surface area contributed by atoms with E-state index in [1.807, 2.05) is 13.8 Å². The summed E-state index contributed by atoms with van der Waals surface area (Å²) in [6.07, 6.45) is 0.915. The number of rotatable bonds is 2. The highest BCUT2D eigenvalue weighted by Gasteiger charge is 2.51. The molecule has 1 fully saturated rings. The average Bonchev–Trinajstić information content (AvgIpc) is 2.49. The molecule has 2 aliphatic rings. The van der Waals surface area contributed by atoms with Gasteiger partial charge in [-0.3, -0.25) is 14.6 Å². The summed E-state index contributed by atoms with van der Waals surface area (Å²) in [6.45, 7) is 4.63. The lowest BCUT2D eigenvalue weighted by Gasteiger charge is -2.53. The van der Waals surface area contributed by atoms with Gasteiger partial charge in [-0.2, -0.15) is 0 Å². The van der Waals surface area contributed by atoms with Gasteiger partial charge in [0.25, 0.3) is 12.3 Å². The number of Topliss-reactive ketones (excluding diaryl/α,β-unsaturated/α-hetero) is 1. The van der Waals surface area contributed by atoms with Crippen molar-refractivity contribution in [2.75, 3.05) is 13.1 Å². The van der Waals surface area contributed by atoms with E-state index in [-0.39, 0.29) is 34.1 Å². The summed E-state index contributed by atoms with van der Waals surface area (Å²) in [5.74, 6) is -0.319. The highest BCUT2D eigenvalue weighted by atomic mass is 19.3. The number of nitrogens with two attached hydrogens (primary N) is 1. The van der Waals surface area contributed by atoms with Crippen molar-refractivity contribution in [2.24, 2.45) is 16.6 Å². The third-order valence-corrected chi connectivity index (χ3v) is 4.69. The first-order chi connectivity index (χ1) is 11.1. The summed E-state index contributed by atoms with van der Waals surface area (Å²) in [6, 6.07) is 2.52. The van der Waals surface area contributed by atoms with E-state index in [1.165, 1.54) is 12.3 Å². The van der Waals surface area contributed by atoms with E-state index in [2.05, 4.69) is 4.98 Å². The van der Waals surface area contributed by atoms with Crippen LogP contribution in [0.1, 0.15) is 42.7 Å². The summed E-state index contributed by atoms with van der Waals surface area (Å²) < 4.78 is 25.0. The molecule has 1 aromatic heterocycles. The number of likely N-dealkylation sites (tertiary alicyclic amines) is 1. The molecule has 2 N–H and O–H groups in total. The van der Waals surface area contributed by atoms with Gasteiger partial charge in [0.05, 0.1) is 11.3 Å². The number of carbonyl (C=O) groups excluding carboxylic acids is 2. The molecule has 1 saturated heterocycles. The number of alkyl halides is 2. The van der Waals surface area contributed by atoms with Crippen molar-refractivity contribution in [2.45, 2.75) is 26.7 Å². The monoisotopic (exact) mass is 335 g/mol. The molecular weight excluding hydrogens is 316 g/mol.